The van der Waals surface area contributed by atoms with E-state index in [4.69, 9.17) is 5.73 Å². The number of nitrogens with zero attached hydrogens (tertiary/aromatic N) is 3. The van der Waals surface area contributed by atoms with Crippen molar-refractivity contribution in [3.63, 3.8) is 0 Å². The highest BCUT2D eigenvalue weighted by atomic mass is 15.3. The van der Waals surface area contributed by atoms with Crippen molar-refractivity contribution in [3.8, 4) is 0 Å². The van der Waals surface area contributed by atoms with Gasteiger partial charge in [0.1, 0.15) is 0 Å². The van der Waals surface area contributed by atoms with Crippen molar-refractivity contribution in [2.45, 2.75) is 18.9 Å². The van der Waals surface area contributed by atoms with E-state index in [2.05, 4.69) is 14.8 Å². The fraction of sp³-hybridized carbons (Fsp3) is 0.889. The average molecular weight is 182 g/mol. The van der Waals surface area contributed by atoms with Gasteiger partial charge in [-0.3, -0.25) is 9.89 Å². The largest absolute Gasteiger partial charge is 0.370 e. The lowest BCUT2D eigenvalue weighted by Crippen LogP contribution is -2.54. The minimum Gasteiger partial charge on any atom is -0.370 e. The van der Waals surface area contributed by atoms with Crippen LogP contribution in [-0.2, 0) is 0 Å². The standard InChI is InChI=1S/C9H18N4/c1-11-9(10)13-6-5-12-4-2-3-8(12)7-13/h8H,2-7H2,1H3,(H2,10,11). The Bertz CT molecular complexity index is 214. The molecule has 2 rings (SSSR count). The van der Waals surface area contributed by atoms with E-state index < -0.39 is 0 Å². The Labute approximate surface area is 79.4 Å². The first kappa shape index (κ1) is 8.81. The van der Waals surface area contributed by atoms with Gasteiger partial charge in [-0.2, -0.15) is 0 Å². The maximum atomic E-state index is 5.79. The van der Waals surface area contributed by atoms with E-state index in [-0.39, 0.29) is 0 Å². The van der Waals surface area contributed by atoms with Gasteiger partial charge in [-0.05, 0) is 19.4 Å². The van der Waals surface area contributed by atoms with Gasteiger partial charge in [-0.1, -0.05) is 0 Å². The molecular weight excluding hydrogens is 164 g/mol. The molecule has 2 N–H and O–H groups in total. The van der Waals surface area contributed by atoms with Crippen molar-refractivity contribution in [2.75, 3.05) is 33.2 Å². The molecule has 0 aromatic heterocycles. The fourth-order valence-electron chi connectivity index (χ4n) is 2.34. The SMILES string of the molecule is CN=C(N)N1CCN2CCCC2C1. The molecule has 0 spiro atoms. The molecule has 0 aromatic carbocycles. The van der Waals surface area contributed by atoms with Crippen LogP contribution in [0.3, 0.4) is 0 Å². The number of hydrogen-bond donors (Lipinski definition) is 1. The number of nitrogens with two attached hydrogens (primary N) is 1. The van der Waals surface area contributed by atoms with Crippen molar-refractivity contribution in [1.82, 2.24) is 9.80 Å². The van der Waals surface area contributed by atoms with Crippen molar-refractivity contribution in [1.29, 1.82) is 0 Å². The summed E-state index contributed by atoms with van der Waals surface area (Å²) < 4.78 is 0. The fourth-order valence-corrected chi connectivity index (χ4v) is 2.34. The van der Waals surface area contributed by atoms with Crippen LogP contribution in [0.15, 0.2) is 4.99 Å². The molecule has 0 saturated carbocycles. The third-order valence-corrected chi connectivity index (χ3v) is 3.14. The number of piperazine rings is 1. The maximum Gasteiger partial charge on any atom is 0.191 e. The highest BCUT2D eigenvalue weighted by molar-refractivity contribution is 5.78. The highest BCUT2D eigenvalue weighted by Gasteiger charge is 2.30. The number of rotatable bonds is 0. The molecule has 4 nitrogen and oxygen atoms in total. The van der Waals surface area contributed by atoms with E-state index in [9.17, 15) is 0 Å². The predicted molar refractivity (Wildman–Crippen MR) is 53.7 cm³/mol. The van der Waals surface area contributed by atoms with Crippen LogP contribution in [-0.4, -0.2) is 55.0 Å². The summed E-state index contributed by atoms with van der Waals surface area (Å²) in [7, 11) is 1.76. The zero-order valence-electron chi connectivity index (χ0n) is 8.24. The minimum absolute atomic E-state index is 0.701. The Balaban J connectivity index is 1.97. The van der Waals surface area contributed by atoms with E-state index in [1.807, 2.05) is 0 Å². The zero-order valence-corrected chi connectivity index (χ0v) is 8.24. The lowest BCUT2D eigenvalue weighted by Gasteiger charge is -2.37. The second-order valence-corrected chi connectivity index (χ2v) is 3.86. The molecule has 2 aliphatic heterocycles. The molecule has 0 radical (unpaired) electrons. The Morgan fingerprint density at radius 3 is 3.00 bits per heavy atom. The van der Waals surface area contributed by atoms with Gasteiger partial charge < -0.3 is 10.6 Å². The monoisotopic (exact) mass is 182 g/mol. The molecule has 0 amide bonds. The minimum atomic E-state index is 0.701. The van der Waals surface area contributed by atoms with Crippen molar-refractivity contribution >= 4 is 5.96 Å². The summed E-state index contributed by atoms with van der Waals surface area (Å²) in [5, 5.41) is 0. The van der Waals surface area contributed by atoms with E-state index in [1.165, 1.54) is 19.4 Å². The second-order valence-electron chi connectivity index (χ2n) is 3.86. The molecule has 2 aliphatic rings. The summed E-state index contributed by atoms with van der Waals surface area (Å²) in [5.74, 6) is 0.701. The Morgan fingerprint density at radius 1 is 1.38 bits per heavy atom. The van der Waals surface area contributed by atoms with Gasteiger partial charge in [0.15, 0.2) is 5.96 Å². The number of fused-ring (bicyclic) bond motifs is 1. The van der Waals surface area contributed by atoms with Crippen molar-refractivity contribution < 1.29 is 0 Å². The number of guanidine groups is 1. The van der Waals surface area contributed by atoms with E-state index >= 15 is 0 Å². The molecule has 2 fully saturated rings. The summed E-state index contributed by atoms with van der Waals surface area (Å²) in [4.78, 5) is 8.80. The first-order chi connectivity index (χ1) is 6.31. The molecule has 13 heavy (non-hydrogen) atoms. The van der Waals surface area contributed by atoms with Gasteiger partial charge >= 0.3 is 0 Å². The number of hydrogen-bond acceptors (Lipinski definition) is 2. The smallest absolute Gasteiger partial charge is 0.191 e. The van der Waals surface area contributed by atoms with Gasteiger partial charge in [0, 0.05) is 32.7 Å². The summed E-state index contributed by atoms with van der Waals surface area (Å²) in [6.07, 6.45) is 2.68. The summed E-state index contributed by atoms with van der Waals surface area (Å²) in [6, 6.07) is 0.731. The molecule has 1 atom stereocenters. The Hall–Kier alpha value is -0.770. The molecule has 0 aliphatic carbocycles. The lowest BCUT2D eigenvalue weighted by atomic mass is 10.2. The molecular formula is C9H18N4. The van der Waals surface area contributed by atoms with Crippen LogP contribution in [0.1, 0.15) is 12.8 Å². The summed E-state index contributed by atoms with van der Waals surface area (Å²) in [6.45, 7) is 4.55. The molecule has 2 heterocycles. The van der Waals surface area contributed by atoms with Crippen LogP contribution in [0, 0.1) is 0 Å². The van der Waals surface area contributed by atoms with Gasteiger partial charge in [-0.25, -0.2) is 0 Å². The van der Waals surface area contributed by atoms with Crippen LogP contribution in [0.5, 0.6) is 0 Å². The van der Waals surface area contributed by atoms with Gasteiger partial charge in [0.2, 0.25) is 0 Å². The summed E-state index contributed by atoms with van der Waals surface area (Å²) >= 11 is 0. The van der Waals surface area contributed by atoms with Gasteiger partial charge in [0.25, 0.3) is 0 Å². The van der Waals surface area contributed by atoms with Crippen LogP contribution in [0.2, 0.25) is 0 Å². The van der Waals surface area contributed by atoms with Crippen LogP contribution < -0.4 is 5.73 Å². The van der Waals surface area contributed by atoms with E-state index in [0.29, 0.717) is 5.96 Å². The molecule has 4 heteroatoms. The van der Waals surface area contributed by atoms with E-state index in [1.54, 1.807) is 7.05 Å². The van der Waals surface area contributed by atoms with Crippen LogP contribution in [0.25, 0.3) is 0 Å². The molecule has 1 unspecified atom stereocenters. The molecule has 74 valence electrons. The third kappa shape index (κ3) is 1.63. The lowest BCUT2D eigenvalue weighted by molar-refractivity contribution is 0.150. The van der Waals surface area contributed by atoms with Gasteiger partial charge in [-0.15, -0.1) is 0 Å². The Morgan fingerprint density at radius 2 is 2.23 bits per heavy atom. The first-order valence-electron chi connectivity index (χ1n) is 5.02. The average Bonchev–Trinajstić information content (AvgIpc) is 2.63. The molecule has 0 aromatic rings. The van der Waals surface area contributed by atoms with Crippen LogP contribution in [0.4, 0.5) is 0 Å². The second kappa shape index (κ2) is 3.54. The van der Waals surface area contributed by atoms with E-state index in [0.717, 1.165) is 25.7 Å². The van der Waals surface area contributed by atoms with Crippen molar-refractivity contribution in [2.24, 2.45) is 10.7 Å². The topological polar surface area (TPSA) is 44.9 Å². The maximum absolute atomic E-state index is 5.79. The third-order valence-electron chi connectivity index (χ3n) is 3.14. The highest BCUT2D eigenvalue weighted by Crippen LogP contribution is 2.20. The Kier molecular flexibility index (Phi) is 2.40. The molecule has 2 saturated heterocycles. The first-order valence-corrected chi connectivity index (χ1v) is 5.02. The van der Waals surface area contributed by atoms with Gasteiger partial charge in [0.05, 0.1) is 0 Å². The quantitative estimate of drug-likeness (QED) is 0.413. The normalized spacial score (nSPS) is 30.7. The number of aliphatic imine (C=N–C) groups is 1. The van der Waals surface area contributed by atoms with Crippen molar-refractivity contribution in [3.05, 3.63) is 0 Å². The molecule has 0 bridgehead atoms. The zero-order chi connectivity index (χ0) is 9.26. The summed E-state index contributed by atoms with van der Waals surface area (Å²) in [5.41, 5.74) is 5.79. The van der Waals surface area contributed by atoms with Crippen LogP contribution >= 0.6 is 0 Å². The predicted octanol–water partition coefficient (Wildman–Crippen LogP) is -0.289.